The first-order chi connectivity index (χ1) is 9.08. The number of aromatic carboxylic acids is 1. The van der Waals surface area contributed by atoms with Crippen LogP contribution in [0.2, 0.25) is 0 Å². The van der Waals surface area contributed by atoms with E-state index in [1.54, 1.807) is 6.07 Å². The maximum absolute atomic E-state index is 12.0. The van der Waals surface area contributed by atoms with Gasteiger partial charge in [0.2, 0.25) is 5.91 Å². The number of rotatable bonds is 3. The maximum atomic E-state index is 12.0. The van der Waals surface area contributed by atoms with Crippen molar-refractivity contribution in [3.05, 3.63) is 28.2 Å². The predicted octanol–water partition coefficient (Wildman–Crippen LogP) is 1.07. The van der Waals surface area contributed by atoms with Crippen LogP contribution in [0.15, 0.2) is 22.7 Å². The van der Waals surface area contributed by atoms with Gasteiger partial charge in [-0.2, -0.15) is 0 Å². The van der Waals surface area contributed by atoms with Gasteiger partial charge >= 0.3 is 5.97 Å². The lowest BCUT2D eigenvalue weighted by Crippen LogP contribution is -2.48. The largest absolute Gasteiger partial charge is 0.478 e. The second-order valence-corrected chi connectivity index (χ2v) is 4.92. The average molecular weight is 329 g/mol. The fourth-order valence-electron chi connectivity index (χ4n) is 1.71. The summed E-state index contributed by atoms with van der Waals surface area (Å²) in [7, 11) is 0. The van der Waals surface area contributed by atoms with Crippen molar-refractivity contribution in [3.63, 3.8) is 0 Å². The highest BCUT2D eigenvalue weighted by atomic mass is 79.9. The summed E-state index contributed by atoms with van der Waals surface area (Å²) in [5, 5.41) is 14.6. The SMILES string of the molecule is O=C(O)c1ccc(Br)c(NC(=O)C2COCCN2)c1. The van der Waals surface area contributed by atoms with Crippen molar-refractivity contribution in [2.75, 3.05) is 25.1 Å². The Bertz CT molecular complexity index is 501. The molecule has 1 heterocycles. The van der Waals surface area contributed by atoms with E-state index < -0.39 is 12.0 Å². The molecule has 1 fully saturated rings. The van der Waals surface area contributed by atoms with E-state index in [2.05, 4.69) is 26.6 Å². The number of carbonyl (C=O) groups excluding carboxylic acids is 1. The van der Waals surface area contributed by atoms with Gasteiger partial charge in [-0.25, -0.2) is 4.79 Å². The zero-order chi connectivity index (χ0) is 13.8. The lowest BCUT2D eigenvalue weighted by Gasteiger charge is -2.23. The minimum absolute atomic E-state index is 0.117. The Morgan fingerprint density at radius 2 is 2.26 bits per heavy atom. The molecule has 0 aromatic heterocycles. The average Bonchev–Trinajstić information content (AvgIpc) is 2.42. The fraction of sp³-hybridized carbons (Fsp3) is 0.333. The second-order valence-electron chi connectivity index (χ2n) is 4.07. The Balaban J connectivity index is 2.11. The van der Waals surface area contributed by atoms with Crippen molar-refractivity contribution < 1.29 is 19.4 Å². The number of carbonyl (C=O) groups is 2. The van der Waals surface area contributed by atoms with Crippen LogP contribution in [-0.4, -0.2) is 42.8 Å². The third kappa shape index (κ3) is 3.52. The lowest BCUT2D eigenvalue weighted by atomic mass is 10.2. The molecule has 1 unspecified atom stereocenters. The molecule has 0 aliphatic carbocycles. The Hall–Kier alpha value is -1.44. The highest BCUT2D eigenvalue weighted by Crippen LogP contribution is 2.24. The van der Waals surface area contributed by atoms with Gasteiger partial charge in [0.1, 0.15) is 6.04 Å². The monoisotopic (exact) mass is 328 g/mol. The van der Waals surface area contributed by atoms with Gasteiger partial charge in [0.15, 0.2) is 0 Å². The summed E-state index contributed by atoms with van der Waals surface area (Å²) in [5.41, 5.74) is 0.545. The molecule has 1 aliphatic rings. The normalized spacial score (nSPS) is 18.9. The molecule has 1 atom stereocenters. The van der Waals surface area contributed by atoms with E-state index in [4.69, 9.17) is 9.84 Å². The van der Waals surface area contributed by atoms with E-state index >= 15 is 0 Å². The van der Waals surface area contributed by atoms with Crippen LogP contribution in [-0.2, 0) is 9.53 Å². The van der Waals surface area contributed by atoms with E-state index in [-0.39, 0.29) is 11.5 Å². The van der Waals surface area contributed by atoms with Gasteiger partial charge in [0.25, 0.3) is 0 Å². The van der Waals surface area contributed by atoms with Crippen LogP contribution in [0.4, 0.5) is 5.69 Å². The molecule has 1 amide bonds. The van der Waals surface area contributed by atoms with Crippen LogP contribution in [0.25, 0.3) is 0 Å². The summed E-state index contributed by atoms with van der Waals surface area (Å²) in [6.45, 7) is 1.51. The summed E-state index contributed by atoms with van der Waals surface area (Å²) in [6.07, 6.45) is 0. The predicted molar refractivity (Wildman–Crippen MR) is 72.3 cm³/mol. The van der Waals surface area contributed by atoms with E-state index in [9.17, 15) is 9.59 Å². The van der Waals surface area contributed by atoms with Gasteiger partial charge in [-0.15, -0.1) is 0 Å². The third-order valence-electron chi connectivity index (χ3n) is 2.71. The summed E-state index contributed by atoms with van der Waals surface area (Å²) in [4.78, 5) is 22.9. The van der Waals surface area contributed by atoms with Crippen molar-refractivity contribution in [3.8, 4) is 0 Å². The molecule has 3 N–H and O–H groups in total. The summed E-state index contributed by atoms with van der Waals surface area (Å²) >= 11 is 3.27. The van der Waals surface area contributed by atoms with E-state index in [0.717, 1.165) is 0 Å². The van der Waals surface area contributed by atoms with Crippen LogP contribution >= 0.6 is 15.9 Å². The first-order valence-corrected chi connectivity index (χ1v) is 6.52. The number of carboxylic acid groups (broad SMARTS) is 1. The molecule has 0 spiro atoms. The second kappa shape index (κ2) is 6.14. The van der Waals surface area contributed by atoms with E-state index in [1.807, 2.05) is 0 Å². The number of hydrogen-bond donors (Lipinski definition) is 3. The smallest absolute Gasteiger partial charge is 0.335 e. The molecule has 1 aliphatic heterocycles. The van der Waals surface area contributed by atoms with Gasteiger partial charge in [-0.3, -0.25) is 4.79 Å². The minimum atomic E-state index is -1.04. The topological polar surface area (TPSA) is 87.7 Å². The number of ether oxygens (including phenoxy) is 1. The van der Waals surface area contributed by atoms with Gasteiger partial charge in [0, 0.05) is 11.0 Å². The number of nitrogens with one attached hydrogen (secondary N) is 2. The standard InChI is InChI=1S/C12H13BrN2O4/c13-8-2-1-7(12(17)18)5-9(8)15-11(16)10-6-19-4-3-14-10/h1-2,5,10,14H,3-4,6H2,(H,15,16)(H,17,18). The highest BCUT2D eigenvalue weighted by Gasteiger charge is 2.22. The molecule has 19 heavy (non-hydrogen) atoms. The number of morpholine rings is 1. The number of benzene rings is 1. The number of halogens is 1. The van der Waals surface area contributed by atoms with Crippen molar-refractivity contribution in [1.29, 1.82) is 0 Å². The molecular formula is C12H13BrN2O4. The molecule has 0 radical (unpaired) electrons. The van der Waals surface area contributed by atoms with E-state index in [1.165, 1.54) is 12.1 Å². The van der Waals surface area contributed by atoms with Crippen LogP contribution in [0.3, 0.4) is 0 Å². The van der Waals surface area contributed by atoms with Gasteiger partial charge < -0.3 is 20.5 Å². The number of amides is 1. The Kier molecular flexibility index (Phi) is 4.52. The Morgan fingerprint density at radius 3 is 2.89 bits per heavy atom. The lowest BCUT2D eigenvalue weighted by molar-refractivity contribution is -0.120. The molecule has 7 heteroatoms. The highest BCUT2D eigenvalue weighted by molar-refractivity contribution is 9.10. The molecular weight excluding hydrogens is 316 g/mol. The van der Waals surface area contributed by atoms with Crippen LogP contribution < -0.4 is 10.6 Å². The van der Waals surface area contributed by atoms with Crippen LogP contribution in [0, 0.1) is 0 Å². The zero-order valence-electron chi connectivity index (χ0n) is 9.98. The van der Waals surface area contributed by atoms with Crippen LogP contribution in [0.1, 0.15) is 10.4 Å². The Morgan fingerprint density at radius 1 is 1.47 bits per heavy atom. The molecule has 1 aromatic carbocycles. The molecule has 6 nitrogen and oxygen atoms in total. The maximum Gasteiger partial charge on any atom is 0.335 e. The summed E-state index contributed by atoms with van der Waals surface area (Å²) in [5.74, 6) is -1.29. The minimum Gasteiger partial charge on any atom is -0.478 e. The van der Waals surface area contributed by atoms with Crippen molar-refractivity contribution >= 4 is 33.5 Å². The first kappa shape index (κ1) is 14.0. The number of hydrogen-bond acceptors (Lipinski definition) is 4. The fourth-order valence-corrected chi connectivity index (χ4v) is 2.05. The van der Waals surface area contributed by atoms with Crippen LogP contribution in [0.5, 0.6) is 0 Å². The van der Waals surface area contributed by atoms with Gasteiger partial charge in [-0.1, -0.05) is 0 Å². The Labute approximate surface area is 118 Å². The molecule has 1 saturated heterocycles. The molecule has 2 rings (SSSR count). The third-order valence-corrected chi connectivity index (χ3v) is 3.40. The van der Waals surface area contributed by atoms with Crippen molar-refractivity contribution in [2.24, 2.45) is 0 Å². The summed E-state index contributed by atoms with van der Waals surface area (Å²) < 4.78 is 5.83. The quantitative estimate of drug-likeness (QED) is 0.772. The van der Waals surface area contributed by atoms with Crippen molar-refractivity contribution in [1.82, 2.24) is 5.32 Å². The molecule has 0 bridgehead atoms. The van der Waals surface area contributed by atoms with Gasteiger partial charge in [0.05, 0.1) is 24.5 Å². The van der Waals surface area contributed by atoms with Gasteiger partial charge in [-0.05, 0) is 34.1 Å². The zero-order valence-corrected chi connectivity index (χ0v) is 11.6. The molecule has 1 aromatic rings. The number of anilines is 1. The van der Waals surface area contributed by atoms with Crippen molar-refractivity contribution in [2.45, 2.75) is 6.04 Å². The number of carboxylic acids is 1. The first-order valence-electron chi connectivity index (χ1n) is 5.73. The molecule has 0 saturated carbocycles. The molecule has 102 valence electrons. The van der Waals surface area contributed by atoms with E-state index in [0.29, 0.717) is 29.9 Å². The summed E-state index contributed by atoms with van der Waals surface area (Å²) in [6, 6.07) is 4.04.